The van der Waals surface area contributed by atoms with Crippen LogP contribution < -0.4 is 11.1 Å². The average Bonchev–Trinajstić information content (AvgIpc) is 2.17. The molecule has 0 aliphatic rings. The maximum atomic E-state index is 13.3. The van der Waals surface area contributed by atoms with Crippen LogP contribution in [-0.4, -0.2) is 18.4 Å². The molecule has 0 unspecified atom stereocenters. The summed E-state index contributed by atoms with van der Waals surface area (Å²) in [7, 11) is 0. The number of primary amides is 1. The summed E-state index contributed by atoms with van der Waals surface area (Å²) < 4.78 is 13.3. The van der Waals surface area contributed by atoms with E-state index in [0.717, 1.165) is 6.07 Å². The van der Waals surface area contributed by atoms with Crippen LogP contribution in [0.1, 0.15) is 27.6 Å². The van der Waals surface area contributed by atoms with Gasteiger partial charge in [0.2, 0.25) is 5.91 Å². The van der Waals surface area contributed by atoms with Crippen LogP contribution in [0.5, 0.6) is 0 Å². The van der Waals surface area contributed by atoms with Crippen LogP contribution in [-0.2, 0) is 0 Å². The lowest BCUT2D eigenvalue weighted by molar-refractivity contribution is 0.0948. The topological polar surface area (TPSA) is 72.2 Å². The van der Waals surface area contributed by atoms with Gasteiger partial charge in [-0.3, -0.25) is 9.59 Å². The van der Waals surface area contributed by atoms with Crippen LogP contribution in [0.15, 0.2) is 18.2 Å². The molecule has 0 spiro atoms. The van der Waals surface area contributed by atoms with Gasteiger partial charge in [-0.2, -0.15) is 0 Å². The Balaban J connectivity index is 3.03. The molecule has 3 N–H and O–H groups in total. The maximum absolute atomic E-state index is 13.3. The molecule has 0 saturated carbocycles. The van der Waals surface area contributed by atoms with E-state index in [0.29, 0.717) is 6.54 Å². The van der Waals surface area contributed by atoms with Crippen molar-refractivity contribution in [3.8, 4) is 0 Å². The summed E-state index contributed by atoms with van der Waals surface area (Å²) in [6.07, 6.45) is 0. The lowest BCUT2D eigenvalue weighted by atomic mass is 10.1. The van der Waals surface area contributed by atoms with Gasteiger partial charge in [0.05, 0.1) is 5.56 Å². The molecule has 1 aromatic rings. The smallest absolute Gasteiger partial charge is 0.254 e. The highest BCUT2D eigenvalue weighted by Gasteiger charge is 2.12. The molecular formula is C10H11FN2O2. The number of hydrogen-bond acceptors (Lipinski definition) is 2. The fraction of sp³-hybridized carbons (Fsp3) is 0.200. The SMILES string of the molecule is CCNC(=O)c1ccc(C(N)=O)cc1F. The van der Waals surface area contributed by atoms with E-state index >= 15 is 0 Å². The van der Waals surface area contributed by atoms with E-state index in [-0.39, 0.29) is 11.1 Å². The first-order valence-electron chi connectivity index (χ1n) is 4.43. The maximum Gasteiger partial charge on any atom is 0.254 e. The molecule has 0 aliphatic heterocycles. The first kappa shape index (κ1) is 11.2. The lowest BCUT2D eigenvalue weighted by Gasteiger charge is -2.04. The summed E-state index contributed by atoms with van der Waals surface area (Å²) in [6.45, 7) is 2.14. The summed E-state index contributed by atoms with van der Waals surface area (Å²) in [4.78, 5) is 22.0. The van der Waals surface area contributed by atoms with E-state index in [4.69, 9.17) is 5.73 Å². The summed E-state index contributed by atoms with van der Waals surface area (Å²) in [6, 6.07) is 3.50. The van der Waals surface area contributed by atoms with Gasteiger partial charge in [0.25, 0.3) is 5.91 Å². The Morgan fingerprint density at radius 3 is 2.60 bits per heavy atom. The van der Waals surface area contributed by atoms with Gasteiger partial charge in [0.1, 0.15) is 5.82 Å². The van der Waals surface area contributed by atoms with Gasteiger partial charge < -0.3 is 11.1 Å². The molecule has 2 amide bonds. The van der Waals surface area contributed by atoms with Gasteiger partial charge in [-0.1, -0.05) is 0 Å². The fourth-order valence-corrected chi connectivity index (χ4v) is 1.11. The van der Waals surface area contributed by atoms with Crippen LogP contribution in [0.4, 0.5) is 4.39 Å². The second-order valence-corrected chi connectivity index (χ2v) is 2.92. The molecule has 0 aromatic heterocycles. The Bertz CT molecular complexity index is 404. The zero-order valence-corrected chi connectivity index (χ0v) is 8.21. The third-order valence-electron chi connectivity index (χ3n) is 1.84. The van der Waals surface area contributed by atoms with E-state index < -0.39 is 17.6 Å². The molecule has 15 heavy (non-hydrogen) atoms. The number of carbonyl (C=O) groups is 2. The molecule has 0 radical (unpaired) electrons. The van der Waals surface area contributed by atoms with Crippen molar-refractivity contribution in [1.29, 1.82) is 0 Å². The Hall–Kier alpha value is -1.91. The van der Waals surface area contributed by atoms with Crippen molar-refractivity contribution in [1.82, 2.24) is 5.32 Å². The number of carbonyl (C=O) groups excluding carboxylic acids is 2. The Labute approximate surface area is 86.3 Å². The molecule has 4 nitrogen and oxygen atoms in total. The zero-order valence-electron chi connectivity index (χ0n) is 8.21. The quantitative estimate of drug-likeness (QED) is 0.769. The van der Waals surface area contributed by atoms with Crippen molar-refractivity contribution >= 4 is 11.8 Å². The Kier molecular flexibility index (Phi) is 3.38. The minimum Gasteiger partial charge on any atom is -0.366 e. The summed E-state index contributed by atoms with van der Waals surface area (Å²) in [5, 5.41) is 2.46. The molecule has 5 heteroatoms. The largest absolute Gasteiger partial charge is 0.366 e. The molecule has 0 heterocycles. The normalized spacial score (nSPS) is 9.73. The number of amides is 2. The molecule has 0 aliphatic carbocycles. The lowest BCUT2D eigenvalue weighted by Crippen LogP contribution is -2.24. The van der Waals surface area contributed by atoms with E-state index in [2.05, 4.69) is 5.32 Å². The van der Waals surface area contributed by atoms with Crippen LogP contribution in [0.3, 0.4) is 0 Å². The number of rotatable bonds is 3. The monoisotopic (exact) mass is 210 g/mol. The zero-order chi connectivity index (χ0) is 11.4. The van der Waals surface area contributed by atoms with Crippen LogP contribution in [0.25, 0.3) is 0 Å². The summed E-state index contributed by atoms with van der Waals surface area (Å²) >= 11 is 0. The van der Waals surface area contributed by atoms with Gasteiger partial charge >= 0.3 is 0 Å². The summed E-state index contributed by atoms with van der Waals surface area (Å²) in [5.41, 5.74) is 4.91. The standard InChI is InChI=1S/C10H11FN2O2/c1-2-13-10(15)7-4-3-6(9(12)14)5-8(7)11/h3-5H,2H2,1H3,(H2,12,14)(H,13,15). The Morgan fingerprint density at radius 2 is 2.13 bits per heavy atom. The number of nitrogens with two attached hydrogens (primary N) is 1. The van der Waals surface area contributed by atoms with Crippen molar-refractivity contribution in [2.24, 2.45) is 5.73 Å². The van der Waals surface area contributed by atoms with Gasteiger partial charge in [0.15, 0.2) is 0 Å². The molecule has 1 rings (SSSR count). The first-order valence-corrected chi connectivity index (χ1v) is 4.43. The highest BCUT2D eigenvalue weighted by atomic mass is 19.1. The predicted molar refractivity (Wildman–Crippen MR) is 52.9 cm³/mol. The summed E-state index contributed by atoms with van der Waals surface area (Å²) in [5.74, 6) is -1.99. The van der Waals surface area contributed by atoms with Crippen LogP contribution >= 0.6 is 0 Å². The minimum atomic E-state index is -0.753. The molecule has 1 aromatic carbocycles. The second-order valence-electron chi connectivity index (χ2n) is 2.92. The Morgan fingerprint density at radius 1 is 1.47 bits per heavy atom. The van der Waals surface area contributed by atoms with E-state index in [1.54, 1.807) is 6.92 Å². The highest BCUT2D eigenvalue weighted by Crippen LogP contribution is 2.10. The molecule has 0 fully saturated rings. The molecule has 0 bridgehead atoms. The van der Waals surface area contributed by atoms with Gasteiger partial charge in [-0.05, 0) is 25.1 Å². The van der Waals surface area contributed by atoms with Crippen molar-refractivity contribution in [3.63, 3.8) is 0 Å². The number of halogens is 1. The molecule has 0 saturated heterocycles. The van der Waals surface area contributed by atoms with Crippen molar-refractivity contribution in [2.75, 3.05) is 6.54 Å². The molecule has 0 atom stereocenters. The highest BCUT2D eigenvalue weighted by molar-refractivity contribution is 5.97. The van der Waals surface area contributed by atoms with Gasteiger partial charge in [0, 0.05) is 12.1 Å². The van der Waals surface area contributed by atoms with Crippen molar-refractivity contribution < 1.29 is 14.0 Å². The van der Waals surface area contributed by atoms with Crippen molar-refractivity contribution in [3.05, 3.63) is 35.1 Å². The van der Waals surface area contributed by atoms with Crippen LogP contribution in [0, 0.1) is 5.82 Å². The number of hydrogen-bond donors (Lipinski definition) is 2. The third-order valence-corrected chi connectivity index (χ3v) is 1.84. The number of nitrogens with one attached hydrogen (secondary N) is 1. The van der Waals surface area contributed by atoms with E-state index in [1.807, 2.05) is 0 Å². The average molecular weight is 210 g/mol. The van der Waals surface area contributed by atoms with Crippen LogP contribution in [0.2, 0.25) is 0 Å². The van der Waals surface area contributed by atoms with Gasteiger partial charge in [-0.15, -0.1) is 0 Å². The fourth-order valence-electron chi connectivity index (χ4n) is 1.11. The molecular weight excluding hydrogens is 199 g/mol. The van der Waals surface area contributed by atoms with Gasteiger partial charge in [-0.25, -0.2) is 4.39 Å². The number of benzene rings is 1. The van der Waals surface area contributed by atoms with E-state index in [1.165, 1.54) is 12.1 Å². The predicted octanol–water partition coefficient (Wildman–Crippen LogP) is 0.674. The minimum absolute atomic E-state index is 0.0422. The van der Waals surface area contributed by atoms with Crippen molar-refractivity contribution in [2.45, 2.75) is 6.92 Å². The van der Waals surface area contributed by atoms with E-state index in [9.17, 15) is 14.0 Å². The second kappa shape index (κ2) is 4.54. The first-order chi connectivity index (χ1) is 7.06. The third kappa shape index (κ3) is 2.52. The molecule has 80 valence electrons.